The molecule has 0 N–H and O–H groups in total. The highest BCUT2D eigenvalue weighted by Gasteiger charge is 2.40. The molecule has 0 aliphatic heterocycles. The van der Waals surface area contributed by atoms with E-state index >= 15 is 0 Å². The Bertz CT molecular complexity index is 472. The van der Waals surface area contributed by atoms with E-state index in [1.807, 2.05) is 34.6 Å². The zero-order valence-corrected chi connectivity index (χ0v) is 19.3. The zero-order chi connectivity index (χ0) is 19.5. The third-order valence-electron chi connectivity index (χ3n) is 3.96. The van der Waals surface area contributed by atoms with Crippen LogP contribution in [0.15, 0.2) is 24.3 Å². The summed E-state index contributed by atoms with van der Waals surface area (Å²) in [6.45, 7) is 15.3. The van der Waals surface area contributed by atoms with Crippen molar-refractivity contribution in [3.63, 3.8) is 0 Å². The standard InChI is InChI=1S/C19H36O5Si2/c1-7-20-25(6,21-8-2)16-18-12-14-19(15-13-18)17-26(22-9-3,23-10-4)24-11-5/h12-15H,7-11,16-17H2,1-6H3. The van der Waals surface area contributed by atoms with Crippen LogP contribution in [-0.2, 0) is 34.2 Å². The summed E-state index contributed by atoms with van der Waals surface area (Å²) >= 11 is 0. The molecule has 0 saturated carbocycles. The topological polar surface area (TPSA) is 46.2 Å². The lowest BCUT2D eigenvalue weighted by atomic mass is 10.2. The predicted molar refractivity (Wildman–Crippen MR) is 109 cm³/mol. The maximum Gasteiger partial charge on any atom is 0.505 e. The summed E-state index contributed by atoms with van der Waals surface area (Å²) < 4.78 is 29.7. The Morgan fingerprint density at radius 3 is 1.27 bits per heavy atom. The minimum absolute atomic E-state index is 0.594. The summed E-state index contributed by atoms with van der Waals surface area (Å²) in [6, 6.07) is 10.1. The van der Waals surface area contributed by atoms with Crippen molar-refractivity contribution in [3.05, 3.63) is 35.4 Å². The van der Waals surface area contributed by atoms with Crippen LogP contribution in [0, 0.1) is 0 Å². The van der Waals surface area contributed by atoms with E-state index in [4.69, 9.17) is 22.1 Å². The smallest absolute Gasteiger partial charge is 0.394 e. The molecule has 0 spiro atoms. The third-order valence-corrected chi connectivity index (χ3v) is 9.84. The molecule has 150 valence electrons. The molecular formula is C19H36O5Si2. The minimum atomic E-state index is -2.67. The Morgan fingerprint density at radius 1 is 0.577 bits per heavy atom. The Hall–Kier alpha value is -0.546. The van der Waals surface area contributed by atoms with Gasteiger partial charge in [-0.05, 0) is 52.3 Å². The fourth-order valence-corrected chi connectivity index (χ4v) is 8.19. The average Bonchev–Trinajstić information content (AvgIpc) is 2.58. The summed E-state index contributed by atoms with van der Waals surface area (Å²) in [7, 11) is -4.82. The van der Waals surface area contributed by atoms with Crippen LogP contribution in [0.2, 0.25) is 6.55 Å². The van der Waals surface area contributed by atoms with Crippen molar-refractivity contribution in [1.82, 2.24) is 0 Å². The number of rotatable bonds is 14. The molecule has 0 unspecified atom stereocenters. The first-order chi connectivity index (χ1) is 12.5. The fraction of sp³-hybridized carbons (Fsp3) is 0.684. The summed E-state index contributed by atoms with van der Waals surface area (Å²) in [5.41, 5.74) is 2.41. The first kappa shape index (κ1) is 23.5. The highest BCUT2D eigenvalue weighted by Crippen LogP contribution is 2.20. The largest absolute Gasteiger partial charge is 0.505 e. The van der Waals surface area contributed by atoms with Crippen molar-refractivity contribution in [2.45, 2.75) is 53.3 Å². The lowest BCUT2D eigenvalue weighted by molar-refractivity contribution is 0.0704. The Morgan fingerprint density at radius 2 is 0.923 bits per heavy atom. The van der Waals surface area contributed by atoms with Gasteiger partial charge in [-0.15, -0.1) is 0 Å². The van der Waals surface area contributed by atoms with E-state index in [9.17, 15) is 0 Å². The third kappa shape index (κ3) is 7.60. The molecule has 26 heavy (non-hydrogen) atoms. The maximum atomic E-state index is 5.95. The molecule has 0 heterocycles. The molecule has 1 aromatic carbocycles. The molecule has 5 nitrogen and oxygen atoms in total. The molecule has 0 amide bonds. The van der Waals surface area contributed by atoms with Crippen molar-refractivity contribution in [2.24, 2.45) is 0 Å². The lowest BCUT2D eigenvalue weighted by Crippen LogP contribution is -2.48. The Balaban J connectivity index is 2.87. The number of hydrogen-bond acceptors (Lipinski definition) is 5. The van der Waals surface area contributed by atoms with Crippen LogP contribution < -0.4 is 0 Å². The molecule has 1 aromatic rings. The molecule has 0 fully saturated rings. The molecule has 0 radical (unpaired) electrons. The Labute approximate surface area is 161 Å². The second-order valence-corrected chi connectivity index (χ2v) is 11.9. The van der Waals surface area contributed by atoms with Crippen LogP contribution in [-0.4, -0.2) is 50.4 Å². The molecule has 0 saturated heterocycles. The van der Waals surface area contributed by atoms with Crippen LogP contribution >= 0.6 is 0 Å². The van der Waals surface area contributed by atoms with Crippen LogP contribution in [0.5, 0.6) is 0 Å². The van der Waals surface area contributed by atoms with Crippen LogP contribution in [0.1, 0.15) is 45.7 Å². The van der Waals surface area contributed by atoms with E-state index in [2.05, 4.69) is 30.8 Å². The second-order valence-electron chi connectivity index (χ2n) is 6.15. The highest BCUT2D eigenvalue weighted by molar-refractivity contribution is 6.65. The van der Waals surface area contributed by atoms with E-state index in [-0.39, 0.29) is 0 Å². The fourth-order valence-electron chi connectivity index (χ4n) is 3.09. The van der Waals surface area contributed by atoms with Crippen LogP contribution in [0.3, 0.4) is 0 Å². The van der Waals surface area contributed by atoms with E-state index in [0.717, 1.165) is 6.04 Å². The van der Waals surface area contributed by atoms with E-state index in [0.29, 0.717) is 39.1 Å². The van der Waals surface area contributed by atoms with E-state index < -0.39 is 17.4 Å². The normalized spacial score (nSPS) is 12.5. The van der Waals surface area contributed by atoms with Gasteiger partial charge in [0.25, 0.3) is 0 Å². The minimum Gasteiger partial charge on any atom is -0.394 e. The van der Waals surface area contributed by atoms with Crippen molar-refractivity contribution in [3.8, 4) is 0 Å². The van der Waals surface area contributed by atoms with E-state index in [1.165, 1.54) is 11.1 Å². The van der Waals surface area contributed by atoms with Crippen LogP contribution in [0.25, 0.3) is 0 Å². The average molecular weight is 401 g/mol. The molecule has 0 atom stereocenters. The van der Waals surface area contributed by atoms with Crippen molar-refractivity contribution < 1.29 is 22.1 Å². The quantitative estimate of drug-likeness (QED) is 0.441. The van der Waals surface area contributed by atoms with Gasteiger partial charge in [0.1, 0.15) is 0 Å². The maximum absolute atomic E-state index is 5.95. The summed E-state index contributed by atoms with van der Waals surface area (Å²) in [5.74, 6) is 0. The Kier molecular flexibility index (Phi) is 10.9. The van der Waals surface area contributed by atoms with Gasteiger partial charge in [0.15, 0.2) is 0 Å². The molecule has 1 rings (SSSR count). The first-order valence-corrected chi connectivity index (χ1v) is 14.2. The SMILES string of the molecule is CCO[Si](C)(Cc1ccc(C[Si](OCC)(OCC)OCC)cc1)OCC. The highest BCUT2D eigenvalue weighted by atomic mass is 28.4. The molecule has 0 aromatic heterocycles. The number of hydrogen-bond donors (Lipinski definition) is 0. The summed E-state index contributed by atoms with van der Waals surface area (Å²) in [6.07, 6.45) is 0. The van der Waals surface area contributed by atoms with Gasteiger partial charge in [0.2, 0.25) is 0 Å². The van der Waals surface area contributed by atoms with Gasteiger partial charge in [-0.25, -0.2) is 0 Å². The van der Waals surface area contributed by atoms with Gasteiger partial charge < -0.3 is 22.1 Å². The van der Waals surface area contributed by atoms with Gasteiger partial charge >= 0.3 is 17.4 Å². The molecule has 0 aliphatic rings. The zero-order valence-electron chi connectivity index (χ0n) is 17.3. The molecule has 0 bridgehead atoms. The second kappa shape index (κ2) is 12.0. The van der Waals surface area contributed by atoms with E-state index in [1.54, 1.807) is 0 Å². The van der Waals surface area contributed by atoms with Gasteiger partial charge in [0.05, 0.1) is 0 Å². The van der Waals surface area contributed by atoms with Gasteiger partial charge in [-0.1, -0.05) is 24.3 Å². The molecule has 7 heteroatoms. The van der Waals surface area contributed by atoms with Gasteiger partial charge in [0, 0.05) is 45.1 Å². The van der Waals surface area contributed by atoms with Crippen molar-refractivity contribution in [2.75, 3.05) is 33.0 Å². The monoisotopic (exact) mass is 400 g/mol. The number of benzene rings is 1. The predicted octanol–water partition coefficient (Wildman–Crippen LogP) is 4.04. The molecular weight excluding hydrogens is 364 g/mol. The summed E-state index contributed by atoms with van der Waals surface area (Å²) in [5, 5.41) is 0. The molecule has 0 aliphatic carbocycles. The van der Waals surface area contributed by atoms with Gasteiger partial charge in [-0.2, -0.15) is 0 Å². The van der Waals surface area contributed by atoms with Crippen molar-refractivity contribution >= 4 is 17.4 Å². The van der Waals surface area contributed by atoms with Crippen LogP contribution in [0.4, 0.5) is 0 Å². The van der Waals surface area contributed by atoms with Crippen molar-refractivity contribution in [1.29, 1.82) is 0 Å². The summed E-state index contributed by atoms with van der Waals surface area (Å²) in [4.78, 5) is 0. The first-order valence-electron chi connectivity index (χ1n) is 9.74. The lowest BCUT2D eigenvalue weighted by Gasteiger charge is -2.29. The van der Waals surface area contributed by atoms with Gasteiger partial charge in [-0.3, -0.25) is 0 Å².